The topological polar surface area (TPSA) is 86.1 Å². The Morgan fingerprint density at radius 3 is 2.89 bits per heavy atom. The highest BCUT2D eigenvalue weighted by molar-refractivity contribution is 5.94. The Morgan fingerprint density at radius 2 is 2.11 bits per heavy atom. The number of fused-ring (bicyclic) bond motifs is 1. The van der Waals surface area contributed by atoms with Gasteiger partial charge in [0, 0.05) is 30.1 Å². The summed E-state index contributed by atoms with van der Waals surface area (Å²) < 4.78 is 6.69. The molecule has 7 heteroatoms. The smallest absolute Gasteiger partial charge is 0.356 e. The van der Waals surface area contributed by atoms with Gasteiger partial charge < -0.3 is 10.1 Å². The predicted molar refractivity (Wildman–Crippen MR) is 99.5 cm³/mol. The number of rotatable bonds is 4. The average Bonchev–Trinajstić information content (AvgIpc) is 3.10. The molecule has 27 heavy (non-hydrogen) atoms. The molecule has 0 bridgehead atoms. The van der Waals surface area contributed by atoms with Crippen molar-refractivity contribution >= 4 is 17.7 Å². The highest BCUT2D eigenvalue weighted by Crippen LogP contribution is 2.37. The van der Waals surface area contributed by atoms with Crippen LogP contribution in [-0.4, -0.2) is 33.8 Å². The molecule has 3 heterocycles. The maximum atomic E-state index is 12.4. The SMILES string of the molecule is COC(=O)c1cccc(C2CC(=O)Nc3c2cnn3CC2CCCCC2)n1. The Kier molecular flexibility index (Phi) is 4.92. The van der Waals surface area contributed by atoms with Crippen LogP contribution in [0.25, 0.3) is 0 Å². The van der Waals surface area contributed by atoms with E-state index in [1.54, 1.807) is 12.1 Å². The standard InChI is InChI=1S/C20H24N4O3/c1-27-20(26)17-9-5-8-16(22-17)14-10-18(25)23-19-15(14)11-21-24(19)12-13-6-3-2-4-7-13/h5,8-9,11,13-14H,2-4,6-7,10,12H2,1H3,(H,23,25). The van der Waals surface area contributed by atoms with Crippen molar-refractivity contribution in [2.45, 2.75) is 51.0 Å². The van der Waals surface area contributed by atoms with Gasteiger partial charge in [-0.05, 0) is 30.9 Å². The minimum Gasteiger partial charge on any atom is -0.464 e. The number of ether oxygens (including phenoxy) is 1. The van der Waals surface area contributed by atoms with E-state index in [4.69, 9.17) is 4.74 Å². The number of carbonyl (C=O) groups excluding carboxylic acids is 2. The van der Waals surface area contributed by atoms with Crippen molar-refractivity contribution in [1.29, 1.82) is 0 Å². The summed E-state index contributed by atoms with van der Waals surface area (Å²) in [5.74, 6) is 0.639. The number of esters is 1. The van der Waals surface area contributed by atoms with E-state index in [0.717, 1.165) is 17.9 Å². The molecular weight excluding hydrogens is 344 g/mol. The van der Waals surface area contributed by atoms with Crippen LogP contribution in [0.3, 0.4) is 0 Å². The first kappa shape index (κ1) is 17.7. The monoisotopic (exact) mass is 368 g/mol. The van der Waals surface area contributed by atoms with Crippen molar-refractivity contribution in [2.24, 2.45) is 5.92 Å². The van der Waals surface area contributed by atoms with Crippen LogP contribution in [0.15, 0.2) is 24.4 Å². The van der Waals surface area contributed by atoms with Crippen LogP contribution < -0.4 is 5.32 Å². The second-order valence-corrected chi connectivity index (χ2v) is 7.38. The maximum Gasteiger partial charge on any atom is 0.356 e. The lowest BCUT2D eigenvalue weighted by molar-refractivity contribution is -0.116. The molecule has 142 valence electrons. The zero-order chi connectivity index (χ0) is 18.8. The van der Waals surface area contributed by atoms with Gasteiger partial charge in [0.2, 0.25) is 5.91 Å². The van der Waals surface area contributed by atoms with E-state index in [1.807, 2.05) is 16.9 Å². The van der Waals surface area contributed by atoms with Crippen molar-refractivity contribution in [3.8, 4) is 0 Å². The maximum absolute atomic E-state index is 12.4. The Bertz CT molecular complexity index is 855. The van der Waals surface area contributed by atoms with Crippen molar-refractivity contribution < 1.29 is 14.3 Å². The Hall–Kier alpha value is -2.70. The van der Waals surface area contributed by atoms with Gasteiger partial charge in [0.15, 0.2) is 0 Å². The molecule has 1 atom stereocenters. The van der Waals surface area contributed by atoms with E-state index in [9.17, 15) is 9.59 Å². The first-order chi connectivity index (χ1) is 13.2. The highest BCUT2D eigenvalue weighted by Gasteiger charge is 2.32. The fourth-order valence-electron chi connectivity index (χ4n) is 4.15. The van der Waals surface area contributed by atoms with E-state index in [1.165, 1.54) is 39.2 Å². The van der Waals surface area contributed by atoms with Gasteiger partial charge in [-0.3, -0.25) is 4.79 Å². The third-order valence-electron chi connectivity index (χ3n) is 5.57. The quantitative estimate of drug-likeness (QED) is 0.838. The predicted octanol–water partition coefficient (Wildman–Crippen LogP) is 3.12. The number of hydrogen-bond acceptors (Lipinski definition) is 5. The molecule has 0 spiro atoms. The number of nitrogens with one attached hydrogen (secondary N) is 1. The number of nitrogens with zero attached hydrogens (tertiary/aromatic N) is 3. The van der Waals surface area contributed by atoms with Crippen LogP contribution in [0, 0.1) is 5.92 Å². The molecular formula is C20H24N4O3. The molecule has 0 aromatic carbocycles. The van der Waals surface area contributed by atoms with Crippen LogP contribution in [0.2, 0.25) is 0 Å². The van der Waals surface area contributed by atoms with Crippen LogP contribution in [0.4, 0.5) is 5.82 Å². The Morgan fingerprint density at radius 1 is 1.30 bits per heavy atom. The molecule has 1 aliphatic carbocycles. The summed E-state index contributed by atoms with van der Waals surface area (Å²) in [4.78, 5) is 28.6. The second kappa shape index (κ2) is 7.50. The van der Waals surface area contributed by atoms with Gasteiger partial charge in [-0.1, -0.05) is 25.3 Å². The molecule has 2 aliphatic rings. The van der Waals surface area contributed by atoms with Gasteiger partial charge in [-0.2, -0.15) is 5.10 Å². The number of methoxy groups -OCH3 is 1. The van der Waals surface area contributed by atoms with Crippen LogP contribution in [0.5, 0.6) is 0 Å². The third kappa shape index (κ3) is 3.59. The molecule has 2 aromatic heterocycles. The fraction of sp³-hybridized carbons (Fsp3) is 0.500. The molecule has 1 fully saturated rings. The minimum atomic E-state index is -0.481. The summed E-state index contributed by atoms with van der Waals surface area (Å²) in [5, 5.41) is 7.55. The van der Waals surface area contributed by atoms with Crippen LogP contribution >= 0.6 is 0 Å². The molecule has 7 nitrogen and oxygen atoms in total. The average molecular weight is 368 g/mol. The first-order valence-electron chi connectivity index (χ1n) is 9.56. The molecule has 1 N–H and O–H groups in total. The molecule has 1 unspecified atom stereocenters. The summed E-state index contributed by atoms with van der Waals surface area (Å²) >= 11 is 0. The second-order valence-electron chi connectivity index (χ2n) is 7.38. The van der Waals surface area contributed by atoms with E-state index < -0.39 is 5.97 Å². The Labute approximate surface area is 158 Å². The molecule has 1 amide bonds. The highest BCUT2D eigenvalue weighted by atomic mass is 16.5. The summed E-state index contributed by atoms with van der Waals surface area (Å²) in [6.07, 6.45) is 8.41. The van der Waals surface area contributed by atoms with Gasteiger partial charge in [-0.15, -0.1) is 0 Å². The lowest BCUT2D eigenvalue weighted by atomic mass is 9.89. The Balaban J connectivity index is 1.64. The fourth-order valence-corrected chi connectivity index (χ4v) is 4.15. The van der Waals surface area contributed by atoms with Crippen molar-refractivity contribution in [1.82, 2.24) is 14.8 Å². The van der Waals surface area contributed by atoms with Crippen molar-refractivity contribution in [3.63, 3.8) is 0 Å². The zero-order valence-corrected chi connectivity index (χ0v) is 15.5. The lowest BCUT2D eigenvalue weighted by Gasteiger charge is -2.25. The van der Waals surface area contributed by atoms with Gasteiger partial charge in [0.1, 0.15) is 11.5 Å². The van der Waals surface area contributed by atoms with Gasteiger partial charge in [0.05, 0.1) is 13.3 Å². The summed E-state index contributed by atoms with van der Waals surface area (Å²) in [6, 6.07) is 5.23. The van der Waals surface area contributed by atoms with Gasteiger partial charge in [-0.25, -0.2) is 14.5 Å². The number of carbonyl (C=O) groups is 2. The van der Waals surface area contributed by atoms with Crippen LogP contribution in [0.1, 0.15) is 66.2 Å². The summed E-state index contributed by atoms with van der Waals surface area (Å²) in [7, 11) is 1.33. The number of aromatic nitrogens is 3. The van der Waals surface area contributed by atoms with Crippen LogP contribution in [-0.2, 0) is 16.1 Å². The zero-order valence-electron chi connectivity index (χ0n) is 15.5. The van der Waals surface area contributed by atoms with E-state index in [2.05, 4.69) is 15.4 Å². The van der Waals surface area contributed by atoms with E-state index in [0.29, 0.717) is 18.0 Å². The summed E-state index contributed by atoms with van der Waals surface area (Å²) in [5.41, 5.74) is 1.89. The molecule has 4 rings (SSSR count). The third-order valence-corrected chi connectivity index (χ3v) is 5.57. The van der Waals surface area contributed by atoms with E-state index >= 15 is 0 Å². The first-order valence-corrected chi connectivity index (χ1v) is 9.56. The van der Waals surface area contributed by atoms with Crippen molar-refractivity contribution in [2.75, 3.05) is 12.4 Å². The number of hydrogen-bond donors (Lipinski definition) is 1. The normalized spacial score (nSPS) is 20.0. The number of amides is 1. The van der Waals surface area contributed by atoms with Gasteiger partial charge >= 0.3 is 5.97 Å². The molecule has 0 radical (unpaired) electrons. The van der Waals surface area contributed by atoms with E-state index in [-0.39, 0.29) is 17.5 Å². The summed E-state index contributed by atoms with van der Waals surface area (Å²) in [6.45, 7) is 0.831. The number of anilines is 1. The minimum absolute atomic E-state index is 0.0526. The number of pyridine rings is 1. The molecule has 1 saturated carbocycles. The molecule has 2 aromatic rings. The molecule has 1 aliphatic heterocycles. The molecule has 0 saturated heterocycles. The lowest BCUT2D eigenvalue weighted by Crippen LogP contribution is -2.26. The van der Waals surface area contributed by atoms with Gasteiger partial charge in [0.25, 0.3) is 0 Å². The van der Waals surface area contributed by atoms with Crippen molar-refractivity contribution in [3.05, 3.63) is 41.3 Å². The largest absolute Gasteiger partial charge is 0.464 e.